The predicted molar refractivity (Wildman–Crippen MR) is 57.5 cm³/mol. The Bertz CT molecular complexity index is 419. The normalized spacial score (nSPS) is 20.5. The molecule has 0 fully saturated rings. The monoisotopic (exact) mass is 227 g/mol. The number of nitrogens with one attached hydrogen (secondary N) is 1. The van der Waals surface area contributed by atoms with Gasteiger partial charge in [0.2, 0.25) is 5.91 Å². The van der Waals surface area contributed by atoms with Gasteiger partial charge in [0.1, 0.15) is 5.82 Å². The highest BCUT2D eigenvalue weighted by Gasteiger charge is 2.22. The molecule has 0 aliphatic carbocycles. The third kappa shape index (κ3) is 1.97. The van der Waals surface area contributed by atoms with E-state index >= 15 is 0 Å². The van der Waals surface area contributed by atoms with E-state index in [1.165, 1.54) is 6.07 Å². The number of hydrogen-bond acceptors (Lipinski definition) is 1. The maximum absolute atomic E-state index is 13.5. The van der Waals surface area contributed by atoms with Gasteiger partial charge in [-0.15, -0.1) is 0 Å². The van der Waals surface area contributed by atoms with Crippen LogP contribution in [-0.2, 0) is 11.2 Å². The summed E-state index contributed by atoms with van der Waals surface area (Å²) in [6, 6.07) is 2.93. The lowest BCUT2D eigenvalue weighted by Crippen LogP contribution is -2.18. The zero-order valence-corrected chi connectivity index (χ0v) is 9.07. The number of carbonyl (C=O) groups is 1. The molecule has 1 aliphatic heterocycles. The summed E-state index contributed by atoms with van der Waals surface area (Å²) in [4.78, 5) is 11.5. The van der Waals surface area contributed by atoms with Crippen molar-refractivity contribution < 1.29 is 9.18 Å². The van der Waals surface area contributed by atoms with Crippen LogP contribution in [0.1, 0.15) is 18.9 Å². The molecule has 0 spiro atoms. The SMILES string of the molecule is C[C@H]1CCc2cc(Cl)cc(F)c2NC1=O. The Labute approximate surface area is 92.4 Å². The van der Waals surface area contributed by atoms with Gasteiger partial charge in [-0.2, -0.15) is 0 Å². The highest BCUT2D eigenvalue weighted by Crippen LogP contribution is 2.29. The standard InChI is InChI=1S/C11H11ClFNO/c1-6-2-3-7-4-8(12)5-9(13)10(7)14-11(6)15/h4-6H,2-3H2,1H3,(H,14,15)/t6-/m0/s1. The highest BCUT2D eigenvalue weighted by atomic mass is 35.5. The van der Waals surface area contributed by atoms with Gasteiger partial charge in [-0.05, 0) is 30.5 Å². The Morgan fingerprint density at radius 2 is 2.27 bits per heavy atom. The molecule has 2 nitrogen and oxygen atoms in total. The first-order valence-corrected chi connectivity index (χ1v) is 5.24. The fourth-order valence-corrected chi connectivity index (χ4v) is 1.94. The number of amides is 1. The van der Waals surface area contributed by atoms with E-state index in [0.717, 1.165) is 12.0 Å². The minimum absolute atomic E-state index is 0.0874. The molecule has 0 saturated heterocycles. The third-order valence-electron chi connectivity index (χ3n) is 2.68. The van der Waals surface area contributed by atoms with Crippen LogP contribution in [0.2, 0.25) is 5.02 Å². The largest absolute Gasteiger partial charge is 0.323 e. The maximum atomic E-state index is 13.5. The Balaban J connectivity index is 2.47. The molecule has 0 bridgehead atoms. The van der Waals surface area contributed by atoms with Gasteiger partial charge in [0.25, 0.3) is 0 Å². The van der Waals surface area contributed by atoms with Crippen LogP contribution < -0.4 is 5.32 Å². The van der Waals surface area contributed by atoms with Crippen molar-refractivity contribution in [2.75, 3.05) is 5.32 Å². The molecular weight excluding hydrogens is 217 g/mol. The molecule has 80 valence electrons. The summed E-state index contributed by atoms with van der Waals surface area (Å²) in [6.07, 6.45) is 1.39. The van der Waals surface area contributed by atoms with E-state index in [-0.39, 0.29) is 17.5 Å². The second-order valence-electron chi connectivity index (χ2n) is 3.85. The molecule has 0 radical (unpaired) electrons. The van der Waals surface area contributed by atoms with E-state index in [9.17, 15) is 9.18 Å². The molecule has 1 N–H and O–H groups in total. The van der Waals surface area contributed by atoms with E-state index in [1.54, 1.807) is 6.07 Å². The molecular formula is C11H11ClFNO. The van der Waals surface area contributed by atoms with Crippen LogP contribution >= 0.6 is 11.6 Å². The number of halogens is 2. The summed E-state index contributed by atoms with van der Waals surface area (Å²) in [5, 5.41) is 2.97. The number of anilines is 1. The number of benzene rings is 1. The first kappa shape index (κ1) is 10.4. The number of hydrogen-bond donors (Lipinski definition) is 1. The van der Waals surface area contributed by atoms with Gasteiger partial charge < -0.3 is 5.32 Å². The smallest absolute Gasteiger partial charge is 0.227 e. The lowest BCUT2D eigenvalue weighted by molar-refractivity contribution is -0.119. The Kier molecular flexibility index (Phi) is 2.65. The average molecular weight is 228 g/mol. The minimum atomic E-state index is -0.458. The summed E-state index contributed by atoms with van der Waals surface area (Å²) < 4.78 is 13.5. The average Bonchev–Trinajstić information content (AvgIpc) is 2.30. The van der Waals surface area contributed by atoms with Gasteiger partial charge >= 0.3 is 0 Å². The summed E-state index contributed by atoms with van der Waals surface area (Å²) in [6.45, 7) is 1.83. The molecule has 1 aromatic rings. The van der Waals surface area contributed by atoms with Crippen LogP contribution in [-0.4, -0.2) is 5.91 Å². The van der Waals surface area contributed by atoms with Crippen molar-refractivity contribution in [1.82, 2.24) is 0 Å². The van der Waals surface area contributed by atoms with Crippen molar-refractivity contribution in [2.24, 2.45) is 5.92 Å². The summed E-state index contributed by atoms with van der Waals surface area (Å²) >= 11 is 5.76. The zero-order chi connectivity index (χ0) is 11.0. The maximum Gasteiger partial charge on any atom is 0.227 e. The molecule has 15 heavy (non-hydrogen) atoms. The van der Waals surface area contributed by atoms with Gasteiger partial charge in [-0.25, -0.2) is 4.39 Å². The first-order valence-electron chi connectivity index (χ1n) is 4.86. The van der Waals surface area contributed by atoms with Crippen LogP contribution in [0.5, 0.6) is 0 Å². The third-order valence-corrected chi connectivity index (χ3v) is 2.90. The second kappa shape index (κ2) is 3.81. The summed E-state index contributed by atoms with van der Waals surface area (Å²) in [7, 11) is 0. The molecule has 0 unspecified atom stereocenters. The van der Waals surface area contributed by atoms with Gasteiger partial charge in [0.15, 0.2) is 0 Å². The van der Waals surface area contributed by atoms with Crippen LogP contribution in [0.4, 0.5) is 10.1 Å². The number of fused-ring (bicyclic) bond motifs is 1. The van der Waals surface area contributed by atoms with Crippen molar-refractivity contribution in [3.63, 3.8) is 0 Å². The second-order valence-corrected chi connectivity index (χ2v) is 4.29. The van der Waals surface area contributed by atoms with E-state index in [2.05, 4.69) is 5.32 Å². The quantitative estimate of drug-likeness (QED) is 0.725. The van der Waals surface area contributed by atoms with Crippen molar-refractivity contribution in [2.45, 2.75) is 19.8 Å². The lowest BCUT2D eigenvalue weighted by atomic mass is 10.0. The fourth-order valence-electron chi connectivity index (χ4n) is 1.71. The summed E-state index contributed by atoms with van der Waals surface area (Å²) in [5.41, 5.74) is 1.06. The van der Waals surface area contributed by atoms with Gasteiger partial charge in [-0.3, -0.25) is 4.79 Å². The molecule has 4 heteroatoms. The van der Waals surface area contributed by atoms with Crippen molar-refractivity contribution in [3.8, 4) is 0 Å². The predicted octanol–water partition coefficient (Wildman–Crippen LogP) is 3.00. The van der Waals surface area contributed by atoms with Crippen molar-refractivity contribution in [3.05, 3.63) is 28.5 Å². The molecule has 2 rings (SSSR count). The summed E-state index contributed by atoms with van der Waals surface area (Å²) in [5.74, 6) is -0.675. The van der Waals surface area contributed by atoms with Crippen molar-refractivity contribution >= 4 is 23.2 Å². The van der Waals surface area contributed by atoms with Crippen LogP contribution in [0.15, 0.2) is 12.1 Å². The van der Waals surface area contributed by atoms with E-state index in [0.29, 0.717) is 11.4 Å². The van der Waals surface area contributed by atoms with E-state index < -0.39 is 5.82 Å². The molecule has 1 aromatic carbocycles. The van der Waals surface area contributed by atoms with Crippen LogP contribution in [0.3, 0.4) is 0 Å². The fraction of sp³-hybridized carbons (Fsp3) is 0.364. The van der Waals surface area contributed by atoms with Crippen LogP contribution in [0, 0.1) is 11.7 Å². The Hall–Kier alpha value is -1.09. The molecule has 0 aromatic heterocycles. The number of aryl methyl sites for hydroxylation is 1. The van der Waals surface area contributed by atoms with Crippen molar-refractivity contribution in [1.29, 1.82) is 0 Å². The number of rotatable bonds is 0. The van der Waals surface area contributed by atoms with Crippen LogP contribution in [0.25, 0.3) is 0 Å². The molecule has 1 aliphatic rings. The first-order chi connectivity index (χ1) is 7.08. The van der Waals surface area contributed by atoms with Gasteiger partial charge in [0, 0.05) is 10.9 Å². The van der Waals surface area contributed by atoms with E-state index in [4.69, 9.17) is 11.6 Å². The van der Waals surface area contributed by atoms with Gasteiger partial charge in [-0.1, -0.05) is 18.5 Å². The highest BCUT2D eigenvalue weighted by molar-refractivity contribution is 6.30. The topological polar surface area (TPSA) is 29.1 Å². The van der Waals surface area contributed by atoms with Gasteiger partial charge in [0.05, 0.1) is 5.69 Å². The molecule has 0 saturated carbocycles. The Morgan fingerprint density at radius 3 is 3.00 bits per heavy atom. The van der Waals surface area contributed by atoms with E-state index in [1.807, 2.05) is 6.92 Å². The zero-order valence-electron chi connectivity index (χ0n) is 8.31. The lowest BCUT2D eigenvalue weighted by Gasteiger charge is -2.08. The minimum Gasteiger partial charge on any atom is -0.323 e. The number of carbonyl (C=O) groups excluding carboxylic acids is 1. The molecule has 1 heterocycles. The molecule has 1 atom stereocenters. The molecule has 1 amide bonds. The Morgan fingerprint density at radius 1 is 1.53 bits per heavy atom.